The number of hydrogen-bond acceptors (Lipinski definition) is 1. The predicted molar refractivity (Wildman–Crippen MR) is 78.5 cm³/mol. The molecule has 1 aliphatic carbocycles. The van der Waals surface area contributed by atoms with E-state index in [9.17, 15) is 9.90 Å². The molecule has 0 aliphatic heterocycles. The van der Waals surface area contributed by atoms with E-state index < -0.39 is 20.1 Å². The van der Waals surface area contributed by atoms with Crippen molar-refractivity contribution in [3.05, 3.63) is 0 Å². The van der Waals surface area contributed by atoms with Crippen LogP contribution in [0.4, 0.5) is 0 Å². The van der Waals surface area contributed by atoms with Crippen LogP contribution >= 0.6 is 0 Å². The lowest BCUT2D eigenvalue weighted by atomic mass is 9.88. The van der Waals surface area contributed by atoms with Gasteiger partial charge in [0.05, 0.1) is 0 Å². The van der Waals surface area contributed by atoms with Gasteiger partial charge < -0.3 is 5.11 Å². The molecule has 0 amide bonds. The Hall–Kier alpha value is 0.00247. The summed E-state index contributed by atoms with van der Waals surface area (Å²) in [5.41, 5.74) is 0. The van der Waals surface area contributed by atoms with Crippen molar-refractivity contribution >= 4 is 20.1 Å². The third-order valence-corrected chi connectivity index (χ3v) is 9.88. The second-order valence-electron chi connectivity index (χ2n) is 6.98. The second-order valence-corrected chi connectivity index (χ2v) is 10.4. The summed E-state index contributed by atoms with van der Waals surface area (Å²) in [6.45, 7) is 8.99. The van der Waals surface area contributed by atoms with Crippen LogP contribution in [0.3, 0.4) is 0 Å². The SMILES string of the molecule is CC(C)[CH2][Al]([CH2]C(C)C)[C]1(C(=O)O)CCCCC1. The Morgan fingerprint density at radius 2 is 1.50 bits per heavy atom. The Labute approximate surface area is 117 Å². The lowest BCUT2D eigenvalue weighted by Crippen LogP contribution is -2.42. The second kappa shape index (κ2) is 6.96. The van der Waals surface area contributed by atoms with Crippen molar-refractivity contribution < 1.29 is 9.90 Å². The molecule has 0 radical (unpaired) electrons. The van der Waals surface area contributed by atoms with Crippen LogP contribution in [-0.4, -0.2) is 25.2 Å². The molecule has 0 saturated heterocycles. The first kappa shape index (κ1) is 16.1. The molecular formula is C15H29AlO2. The summed E-state index contributed by atoms with van der Waals surface area (Å²) >= 11 is -1.22. The molecular weight excluding hydrogens is 239 g/mol. The molecule has 1 rings (SSSR count). The monoisotopic (exact) mass is 268 g/mol. The minimum Gasteiger partial charge on any atom is -0.482 e. The molecule has 1 saturated carbocycles. The molecule has 1 N–H and O–H groups in total. The molecule has 0 unspecified atom stereocenters. The van der Waals surface area contributed by atoms with Crippen LogP contribution in [0, 0.1) is 11.8 Å². The van der Waals surface area contributed by atoms with Gasteiger partial charge in [-0.05, 0) is 12.8 Å². The fourth-order valence-electron chi connectivity index (χ4n) is 3.66. The summed E-state index contributed by atoms with van der Waals surface area (Å²) in [7, 11) is 0. The van der Waals surface area contributed by atoms with Crippen molar-refractivity contribution in [2.75, 3.05) is 0 Å². The molecule has 3 heteroatoms. The topological polar surface area (TPSA) is 37.3 Å². The van der Waals surface area contributed by atoms with Gasteiger partial charge in [0.1, 0.15) is 0 Å². The van der Waals surface area contributed by atoms with Gasteiger partial charge in [-0.3, -0.25) is 4.79 Å². The van der Waals surface area contributed by atoms with Gasteiger partial charge in [-0.2, -0.15) is 0 Å². The van der Waals surface area contributed by atoms with Gasteiger partial charge in [-0.25, -0.2) is 0 Å². The zero-order valence-electron chi connectivity index (χ0n) is 12.5. The summed E-state index contributed by atoms with van der Waals surface area (Å²) in [6.07, 6.45) is 5.41. The molecule has 0 atom stereocenters. The zero-order chi connectivity index (χ0) is 13.8. The maximum atomic E-state index is 11.9. The first-order valence-electron chi connectivity index (χ1n) is 7.62. The highest BCUT2D eigenvalue weighted by Gasteiger charge is 2.49. The van der Waals surface area contributed by atoms with Crippen molar-refractivity contribution in [2.45, 2.75) is 74.6 Å². The number of rotatable bonds is 6. The van der Waals surface area contributed by atoms with Gasteiger partial charge in [0.2, 0.25) is 0 Å². The Kier molecular flexibility index (Phi) is 6.21. The number of carbonyl (C=O) groups is 1. The number of aliphatic carboxylic acids is 1. The van der Waals surface area contributed by atoms with Gasteiger partial charge >= 0.3 is 0 Å². The Morgan fingerprint density at radius 3 is 1.83 bits per heavy atom. The Balaban J connectivity index is 2.92. The third kappa shape index (κ3) is 4.00. The highest BCUT2D eigenvalue weighted by atomic mass is 27.2. The minimum absolute atomic E-state index is 0.285. The fourth-order valence-corrected chi connectivity index (χ4v) is 8.61. The van der Waals surface area contributed by atoms with Crippen molar-refractivity contribution in [2.24, 2.45) is 11.8 Å². The van der Waals surface area contributed by atoms with E-state index in [1.54, 1.807) is 0 Å². The smallest absolute Gasteiger partial charge is 0.296 e. The molecule has 0 aromatic carbocycles. The van der Waals surface area contributed by atoms with Gasteiger partial charge in [-0.1, -0.05) is 69.4 Å². The van der Waals surface area contributed by atoms with Crippen LogP contribution < -0.4 is 0 Å². The highest BCUT2D eigenvalue weighted by molar-refractivity contribution is 6.66. The summed E-state index contributed by atoms with van der Waals surface area (Å²) in [5.74, 6) is 0.831. The average Bonchev–Trinajstić information content (AvgIpc) is 2.27. The number of carboxylic acids is 1. The van der Waals surface area contributed by atoms with E-state index in [4.69, 9.17) is 0 Å². The normalized spacial score (nSPS) is 19.2. The molecule has 0 aromatic rings. The summed E-state index contributed by atoms with van der Waals surface area (Å²) in [5, 5.41) is 12.2. The molecule has 1 aliphatic rings. The summed E-state index contributed by atoms with van der Waals surface area (Å²) in [4.78, 5) is 11.9. The van der Waals surface area contributed by atoms with Crippen molar-refractivity contribution in [1.82, 2.24) is 0 Å². The summed E-state index contributed by atoms with van der Waals surface area (Å²) in [6, 6.07) is 0. The van der Waals surface area contributed by atoms with Crippen LogP contribution in [0.25, 0.3) is 0 Å². The van der Waals surface area contributed by atoms with Crippen molar-refractivity contribution in [3.8, 4) is 0 Å². The van der Waals surface area contributed by atoms with Crippen molar-refractivity contribution in [1.29, 1.82) is 0 Å². The van der Waals surface area contributed by atoms with Crippen LogP contribution in [0.15, 0.2) is 0 Å². The van der Waals surface area contributed by atoms with Crippen molar-refractivity contribution in [3.63, 3.8) is 0 Å². The maximum absolute atomic E-state index is 11.9. The Morgan fingerprint density at radius 1 is 1.06 bits per heavy atom. The van der Waals surface area contributed by atoms with E-state index in [1.165, 1.54) is 17.0 Å². The number of hydrogen-bond donors (Lipinski definition) is 1. The van der Waals surface area contributed by atoms with Crippen LogP contribution in [-0.2, 0) is 4.79 Å². The molecule has 1 fully saturated rings. The Bertz CT molecular complexity index is 258. The molecule has 104 valence electrons. The van der Waals surface area contributed by atoms with Gasteiger partial charge in [0.25, 0.3) is 20.1 Å². The molecule has 0 spiro atoms. The van der Waals surface area contributed by atoms with E-state index in [0.29, 0.717) is 11.8 Å². The lowest BCUT2D eigenvalue weighted by Gasteiger charge is -2.39. The first-order chi connectivity index (χ1) is 8.38. The molecule has 0 bridgehead atoms. The number of carboxylic acid groups (broad SMARTS) is 1. The zero-order valence-corrected chi connectivity index (χ0v) is 13.7. The van der Waals surface area contributed by atoms with Gasteiger partial charge in [0, 0.05) is 4.28 Å². The largest absolute Gasteiger partial charge is 0.482 e. The van der Waals surface area contributed by atoms with Gasteiger partial charge in [0.15, 0.2) is 0 Å². The van der Waals surface area contributed by atoms with E-state index in [1.807, 2.05) is 0 Å². The van der Waals surface area contributed by atoms with E-state index in [-0.39, 0.29) is 4.28 Å². The summed E-state index contributed by atoms with van der Waals surface area (Å²) < 4.78 is -0.285. The highest BCUT2D eigenvalue weighted by Crippen LogP contribution is 2.49. The predicted octanol–water partition coefficient (Wildman–Crippen LogP) is 4.58. The third-order valence-electron chi connectivity index (χ3n) is 4.47. The minimum atomic E-state index is -1.22. The average molecular weight is 268 g/mol. The first-order valence-corrected chi connectivity index (χ1v) is 9.83. The molecule has 0 aromatic heterocycles. The standard InChI is InChI=1S/C7H11O2.2C4H9.Al/c8-7(9)6-4-2-1-3-5-6;2*1-4(2)3;/h1-5H2,(H,8,9);2*4H,1H2,2-3H3;. The molecule has 2 nitrogen and oxygen atoms in total. The van der Waals surface area contributed by atoms with Gasteiger partial charge in [-0.15, -0.1) is 0 Å². The van der Waals surface area contributed by atoms with Crippen LogP contribution in [0.2, 0.25) is 14.8 Å². The quantitative estimate of drug-likeness (QED) is 0.716. The van der Waals surface area contributed by atoms with E-state index >= 15 is 0 Å². The van der Waals surface area contributed by atoms with E-state index in [2.05, 4.69) is 27.7 Å². The van der Waals surface area contributed by atoms with E-state index in [0.717, 1.165) is 25.7 Å². The molecule has 18 heavy (non-hydrogen) atoms. The van der Waals surface area contributed by atoms with Crippen LogP contribution in [0.1, 0.15) is 59.8 Å². The maximum Gasteiger partial charge on any atom is 0.296 e. The van der Waals surface area contributed by atoms with Crippen LogP contribution in [0.5, 0.6) is 0 Å². The molecule has 0 heterocycles. The lowest BCUT2D eigenvalue weighted by molar-refractivity contribution is -0.141. The fraction of sp³-hybridized carbons (Fsp3) is 0.933.